The minimum absolute atomic E-state index is 0.153. The summed E-state index contributed by atoms with van der Waals surface area (Å²) >= 11 is 0. The number of rotatable bonds is 7. The Kier molecular flexibility index (Phi) is 5.86. The van der Waals surface area contributed by atoms with E-state index in [9.17, 15) is 0 Å². The lowest BCUT2D eigenvalue weighted by molar-refractivity contribution is 0.0460. The van der Waals surface area contributed by atoms with E-state index in [1.165, 1.54) is 0 Å². The molecule has 0 aliphatic carbocycles. The van der Waals surface area contributed by atoms with E-state index in [2.05, 4.69) is 6.07 Å². The number of ether oxygens (including phenoxy) is 4. The van der Waals surface area contributed by atoms with Gasteiger partial charge in [-0.15, -0.1) is 0 Å². The fourth-order valence-electron chi connectivity index (χ4n) is 1.24. The van der Waals surface area contributed by atoms with Crippen molar-refractivity contribution in [2.24, 2.45) is 0 Å². The first-order chi connectivity index (χ1) is 8.30. The zero-order valence-corrected chi connectivity index (χ0v) is 9.93. The van der Waals surface area contributed by atoms with Gasteiger partial charge >= 0.3 is 0 Å². The highest BCUT2D eigenvalue weighted by Gasteiger charge is 2.03. The molecule has 5 heteroatoms. The van der Waals surface area contributed by atoms with Gasteiger partial charge in [-0.25, -0.2) is 0 Å². The molecule has 0 radical (unpaired) electrons. The molecule has 0 saturated carbocycles. The summed E-state index contributed by atoms with van der Waals surface area (Å²) in [6, 6.07) is 7.36. The third kappa shape index (κ3) is 4.72. The summed E-state index contributed by atoms with van der Waals surface area (Å²) in [6.07, 6.45) is 0.299. The van der Waals surface area contributed by atoms with Crippen LogP contribution in [0, 0.1) is 11.3 Å². The maximum atomic E-state index is 8.67. The second-order valence-corrected chi connectivity index (χ2v) is 3.25. The van der Waals surface area contributed by atoms with Crippen molar-refractivity contribution in [3.63, 3.8) is 0 Å². The Morgan fingerprint density at radius 2 is 1.53 bits per heavy atom. The highest BCUT2D eigenvalue weighted by Crippen LogP contribution is 2.23. The average Bonchev–Trinajstić information content (AvgIpc) is 2.34. The summed E-state index contributed by atoms with van der Waals surface area (Å²) < 4.78 is 20.2. The first-order valence-electron chi connectivity index (χ1n) is 5.04. The molecule has 0 bridgehead atoms. The molecule has 5 nitrogen and oxygen atoms in total. The van der Waals surface area contributed by atoms with Crippen molar-refractivity contribution < 1.29 is 18.9 Å². The van der Waals surface area contributed by atoms with Crippen LogP contribution in [0.1, 0.15) is 5.56 Å². The normalized spacial score (nSPS) is 9.71. The van der Waals surface area contributed by atoms with Crippen molar-refractivity contribution in [1.82, 2.24) is 0 Å². The summed E-state index contributed by atoms with van der Waals surface area (Å²) in [7, 11) is 3.09. The van der Waals surface area contributed by atoms with Gasteiger partial charge in [0.1, 0.15) is 11.5 Å². The maximum absolute atomic E-state index is 8.67. The Morgan fingerprint density at radius 3 is 1.94 bits per heavy atom. The van der Waals surface area contributed by atoms with Crippen LogP contribution in [0.5, 0.6) is 11.5 Å². The molecule has 0 saturated heterocycles. The van der Waals surface area contributed by atoms with Crippen molar-refractivity contribution in [2.75, 3.05) is 27.8 Å². The molecule has 1 aromatic rings. The van der Waals surface area contributed by atoms with Crippen LogP contribution < -0.4 is 9.47 Å². The zero-order valence-electron chi connectivity index (χ0n) is 9.93. The minimum Gasteiger partial charge on any atom is -0.467 e. The van der Waals surface area contributed by atoms with Gasteiger partial charge in [-0.2, -0.15) is 5.26 Å². The topological polar surface area (TPSA) is 60.7 Å². The standard InChI is InChI=1S/C12H15NO4/c1-14-8-16-11-5-10(3-4-13)6-12(7-11)17-9-15-2/h5-7H,3,8-9H2,1-2H3. The number of hydrogen-bond acceptors (Lipinski definition) is 5. The second kappa shape index (κ2) is 7.49. The van der Waals surface area contributed by atoms with Crippen LogP contribution in [-0.4, -0.2) is 27.8 Å². The molecule has 0 aliphatic heterocycles. The molecule has 0 aromatic heterocycles. The monoisotopic (exact) mass is 237 g/mol. The van der Waals surface area contributed by atoms with Crippen molar-refractivity contribution in [3.8, 4) is 17.6 Å². The highest BCUT2D eigenvalue weighted by molar-refractivity contribution is 5.39. The molecule has 1 rings (SSSR count). The molecule has 0 unspecified atom stereocenters. The lowest BCUT2D eigenvalue weighted by Crippen LogP contribution is -2.02. The summed E-state index contributed by atoms with van der Waals surface area (Å²) in [5, 5.41) is 8.67. The first-order valence-corrected chi connectivity index (χ1v) is 5.04. The van der Waals surface area contributed by atoms with E-state index in [1.54, 1.807) is 32.4 Å². The van der Waals surface area contributed by atoms with Gasteiger partial charge in [-0.3, -0.25) is 0 Å². The molecular weight excluding hydrogens is 222 g/mol. The van der Waals surface area contributed by atoms with Crippen molar-refractivity contribution in [3.05, 3.63) is 23.8 Å². The summed E-state index contributed by atoms with van der Waals surface area (Å²) in [5.74, 6) is 1.21. The van der Waals surface area contributed by atoms with Crippen molar-refractivity contribution in [2.45, 2.75) is 6.42 Å². The van der Waals surface area contributed by atoms with Crippen LogP contribution in [-0.2, 0) is 15.9 Å². The third-order valence-electron chi connectivity index (χ3n) is 1.91. The van der Waals surface area contributed by atoms with E-state index in [0.717, 1.165) is 5.56 Å². The molecule has 0 N–H and O–H groups in total. The van der Waals surface area contributed by atoms with E-state index < -0.39 is 0 Å². The van der Waals surface area contributed by atoms with Gasteiger partial charge in [0.05, 0.1) is 12.5 Å². The lowest BCUT2D eigenvalue weighted by Gasteiger charge is -2.10. The molecule has 0 heterocycles. The predicted octanol–water partition coefficient (Wildman–Crippen LogP) is 1.72. The Balaban J connectivity index is 2.81. The molecule has 92 valence electrons. The van der Waals surface area contributed by atoms with Gasteiger partial charge in [0.2, 0.25) is 0 Å². The molecule has 0 amide bonds. The van der Waals surface area contributed by atoms with E-state index in [1.807, 2.05) is 0 Å². The van der Waals surface area contributed by atoms with Crippen LogP contribution in [0.2, 0.25) is 0 Å². The van der Waals surface area contributed by atoms with E-state index in [0.29, 0.717) is 17.9 Å². The van der Waals surface area contributed by atoms with Gasteiger partial charge < -0.3 is 18.9 Å². The van der Waals surface area contributed by atoms with Crippen LogP contribution in [0.4, 0.5) is 0 Å². The highest BCUT2D eigenvalue weighted by atomic mass is 16.7. The molecule has 0 spiro atoms. The summed E-state index contributed by atoms with van der Waals surface area (Å²) in [6.45, 7) is 0.305. The Morgan fingerprint density at radius 1 is 1.00 bits per heavy atom. The van der Waals surface area contributed by atoms with Crippen LogP contribution in [0.3, 0.4) is 0 Å². The zero-order chi connectivity index (χ0) is 12.5. The van der Waals surface area contributed by atoms with Gasteiger partial charge in [0.25, 0.3) is 0 Å². The first kappa shape index (κ1) is 13.3. The number of hydrogen-bond donors (Lipinski definition) is 0. The molecule has 1 aromatic carbocycles. The SMILES string of the molecule is COCOc1cc(CC#N)cc(OCOC)c1. The third-order valence-corrected chi connectivity index (χ3v) is 1.91. The lowest BCUT2D eigenvalue weighted by atomic mass is 10.1. The summed E-state index contributed by atoms with van der Waals surface area (Å²) in [4.78, 5) is 0. The average molecular weight is 237 g/mol. The maximum Gasteiger partial charge on any atom is 0.188 e. The Hall–Kier alpha value is -1.77. The molecular formula is C12H15NO4. The number of methoxy groups -OCH3 is 2. The van der Waals surface area contributed by atoms with Gasteiger partial charge in [0, 0.05) is 20.3 Å². The Labute approximate surface area is 100 Å². The van der Waals surface area contributed by atoms with Gasteiger partial charge in [0.15, 0.2) is 13.6 Å². The van der Waals surface area contributed by atoms with Crippen LogP contribution in [0.15, 0.2) is 18.2 Å². The van der Waals surface area contributed by atoms with Crippen LogP contribution >= 0.6 is 0 Å². The van der Waals surface area contributed by atoms with Gasteiger partial charge in [-0.1, -0.05) is 0 Å². The number of benzene rings is 1. The second-order valence-electron chi connectivity index (χ2n) is 3.25. The smallest absolute Gasteiger partial charge is 0.188 e. The van der Waals surface area contributed by atoms with Crippen molar-refractivity contribution >= 4 is 0 Å². The van der Waals surface area contributed by atoms with Crippen molar-refractivity contribution in [1.29, 1.82) is 5.26 Å². The minimum atomic E-state index is 0.153. The Bertz CT molecular complexity index is 360. The molecule has 17 heavy (non-hydrogen) atoms. The number of nitriles is 1. The molecule has 0 atom stereocenters. The quantitative estimate of drug-likeness (QED) is 0.676. The van der Waals surface area contributed by atoms with E-state index in [4.69, 9.17) is 24.2 Å². The van der Waals surface area contributed by atoms with E-state index >= 15 is 0 Å². The largest absolute Gasteiger partial charge is 0.467 e. The fourth-order valence-corrected chi connectivity index (χ4v) is 1.24. The van der Waals surface area contributed by atoms with E-state index in [-0.39, 0.29) is 13.6 Å². The number of nitrogens with zero attached hydrogens (tertiary/aromatic N) is 1. The molecule has 0 fully saturated rings. The predicted molar refractivity (Wildman–Crippen MR) is 60.8 cm³/mol. The summed E-state index contributed by atoms with van der Waals surface area (Å²) in [5.41, 5.74) is 0.826. The van der Waals surface area contributed by atoms with Gasteiger partial charge in [-0.05, 0) is 17.7 Å². The molecule has 0 aliphatic rings. The van der Waals surface area contributed by atoms with Crippen LogP contribution in [0.25, 0.3) is 0 Å². The fraction of sp³-hybridized carbons (Fsp3) is 0.417.